The zero-order valence-electron chi connectivity index (χ0n) is 27.6. The molecule has 0 saturated carbocycles. The Hall–Kier alpha value is -6.53. The summed E-state index contributed by atoms with van der Waals surface area (Å²) >= 11 is 0. The van der Waals surface area contributed by atoms with E-state index in [4.69, 9.17) is 0 Å². The monoisotopic (exact) mass is 792 g/mol. The molecule has 2 amide bonds. The van der Waals surface area contributed by atoms with Gasteiger partial charge in [-0.15, -0.1) is 0 Å². The van der Waals surface area contributed by atoms with E-state index in [1.54, 1.807) is 0 Å². The first-order valence-corrected chi connectivity index (χ1v) is 15.7. The summed E-state index contributed by atoms with van der Waals surface area (Å²) < 4.78 is 158. The molecule has 0 bridgehead atoms. The molecule has 0 atom stereocenters. The SMILES string of the molecule is O=C(Nc1cc(-c2ccc(C(F)(F)F)cn2)cc(-c2ccc(C(F)(F)F)cn2)c1)Nc1cc(-c2ccc(C(F)(F)F)cn2)cc(-c2ccc(C(F)(F)F)cn2)c1. The summed E-state index contributed by atoms with van der Waals surface area (Å²) in [6.07, 6.45) is -16.5. The average molecular weight is 793 g/mol. The van der Waals surface area contributed by atoms with Gasteiger partial charge in [-0.3, -0.25) is 19.9 Å². The van der Waals surface area contributed by atoms with Crippen LogP contribution < -0.4 is 10.6 Å². The molecule has 0 saturated heterocycles. The number of nitrogens with zero attached hydrogens (tertiary/aromatic N) is 4. The van der Waals surface area contributed by atoms with Crippen LogP contribution in [0.5, 0.6) is 0 Å². The number of urea groups is 1. The Morgan fingerprint density at radius 3 is 0.786 bits per heavy atom. The number of carbonyl (C=O) groups excluding carboxylic acids is 1. The quantitative estimate of drug-likeness (QED) is 0.164. The predicted molar refractivity (Wildman–Crippen MR) is 178 cm³/mol. The van der Waals surface area contributed by atoms with Gasteiger partial charge in [0.1, 0.15) is 0 Å². The van der Waals surface area contributed by atoms with Crippen LogP contribution >= 0.6 is 0 Å². The van der Waals surface area contributed by atoms with Crippen molar-refractivity contribution < 1.29 is 57.5 Å². The first-order valence-electron chi connectivity index (χ1n) is 15.7. The van der Waals surface area contributed by atoms with Crippen LogP contribution in [0.2, 0.25) is 0 Å². The summed E-state index contributed by atoms with van der Waals surface area (Å²) in [5.41, 5.74) is -3.86. The minimum Gasteiger partial charge on any atom is -0.308 e. The lowest BCUT2D eigenvalue weighted by Gasteiger charge is -2.15. The number of alkyl halides is 12. The van der Waals surface area contributed by atoms with Gasteiger partial charge in [-0.2, -0.15) is 52.7 Å². The molecule has 19 heteroatoms. The summed E-state index contributed by atoms with van der Waals surface area (Å²) in [5, 5.41) is 5.00. The number of anilines is 2. The maximum Gasteiger partial charge on any atom is 0.417 e. The molecule has 2 N–H and O–H groups in total. The third-order valence-corrected chi connectivity index (χ3v) is 7.93. The van der Waals surface area contributed by atoms with Crippen molar-refractivity contribution in [1.29, 1.82) is 0 Å². The van der Waals surface area contributed by atoms with Crippen molar-refractivity contribution in [2.75, 3.05) is 10.6 Å². The molecular weight excluding hydrogens is 772 g/mol. The highest BCUT2D eigenvalue weighted by Gasteiger charge is 2.33. The smallest absolute Gasteiger partial charge is 0.308 e. The van der Waals surface area contributed by atoms with Gasteiger partial charge in [0.05, 0.1) is 45.0 Å². The molecule has 2 aromatic carbocycles. The Kier molecular flexibility index (Phi) is 10.2. The van der Waals surface area contributed by atoms with E-state index in [1.807, 2.05) is 0 Å². The molecule has 0 aliphatic carbocycles. The molecule has 4 heterocycles. The molecule has 0 radical (unpaired) electrons. The summed E-state index contributed by atoms with van der Waals surface area (Å²) in [5.74, 6) is 0. The van der Waals surface area contributed by atoms with E-state index in [0.29, 0.717) is 24.8 Å². The number of nitrogens with one attached hydrogen (secondary N) is 2. The summed E-state index contributed by atoms with van der Waals surface area (Å²) in [6, 6.07) is 14.2. The topological polar surface area (TPSA) is 92.7 Å². The molecular formula is C37H20F12N6O. The molecule has 7 nitrogen and oxygen atoms in total. The highest BCUT2D eigenvalue weighted by Crippen LogP contribution is 2.36. The van der Waals surface area contributed by atoms with Crippen molar-refractivity contribution in [2.24, 2.45) is 0 Å². The van der Waals surface area contributed by atoms with Crippen LogP contribution in [0.3, 0.4) is 0 Å². The molecule has 0 spiro atoms. The van der Waals surface area contributed by atoms with E-state index in [0.717, 1.165) is 48.5 Å². The number of aromatic nitrogens is 4. The second-order valence-electron chi connectivity index (χ2n) is 11.9. The Morgan fingerprint density at radius 2 is 0.607 bits per heavy atom. The fourth-order valence-corrected chi connectivity index (χ4v) is 5.21. The van der Waals surface area contributed by atoms with Crippen LogP contribution in [0.4, 0.5) is 68.9 Å². The number of hydrogen-bond donors (Lipinski definition) is 2. The van der Waals surface area contributed by atoms with Crippen LogP contribution in [0.25, 0.3) is 45.0 Å². The maximum atomic E-state index is 13.4. The van der Waals surface area contributed by atoms with Gasteiger partial charge >= 0.3 is 30.7 Å². The lowest BCUT2D eigenvalue weighted by molar-refractivity contribution is -0.138. The van der Waals surface area contributed by atoms with E-state index >= 15 is 0 Å². The van der Waals surface area contributed by atoms with E-state index < -0.39 is 53.0 Å². The number of amides is 2. The third kappa shape index (κ3) is 9.22. The summed E-state index contributed by atoms with van der Waals surface area (Å²) in [7, 11) is 0. The number of hydrogen-bond acceptors (Lipinski definition) is 5. The normalized spacial score (nSPS) is 12.4. The lowest BCUT2D eigenvalue weighted by Crippen LogP contribution is -2.19. The summed E-state index contributed by atoms with van der Waals surface area (Å²) in [4.78, 5) is 28.8. The molecule has 6 rings (SSSR count). The number of pyridine rings is 4. The fourth-order valence-electron chi connectivity index (χ4n) is 5.21. The van der Waals surface area contributed by atoms with E-state index in [-0.39, 0.29) is 56.4 Å². The molecule has 56 heavy (non-hydrogen) atoms. The van der Waals surface area contributed by atoms with Gasteiger partial charge in [0.25, 0.3) is 0 Å². The number of carbonyl (C=O) groups is 1. The summed E-state index contributed by atoms with van der Waals surface area (Å²) in [6.45, 7) is 0. The van der Waals surface area contributed by atoms with Crippen LogP contribution in [-0.2, 0) is 24.7 Å². The number of halogens is 12. The van der Waals surface area contributed by atoms with Gasteiger partial charge in [0, 0.05) is 58.4 Å². The van der Waals surface area contributed by atoms with Crippen LogP contribution in [0.1, 0.15) is 22.3 Å². The third-order valence-electron chi connectivity index (χ3n) is 7.93. The van der Waals surface area contributed by atoms with E-state index in [2.05, 4.69) is 30.6 Å². The van der Waals surface area contributed by atoms with Gasteiger partial charge in [-0.1, -0.05) is 0 Å². The lowest BCUT2D eigenvalue weighted by atomic mass is 10.0. The molecule has 6 aromatic rings. The van der Waals surface area contributed by atoms with Gasteiger partial charge in [0.2, 0.25) is 0 Å². The molecule has 0 unspecified atom stereocenters. The van der Waals surface area contributed by atoms with Gasteiger partial charge < -0.3 is 10.6 Å². The van der Waals surface area contributed by atoms with Crippen LogP contribution in [0.15, 0.2) is 110 Å². The van der Waals surface area contributed by atoms with Crippen molar-refractivity contribution in [3.8, 4) is 45.0 Å². The molecule has 0 fully saturated rings. The Labute approximate surface area is 307 Å². The minimum atomic E-state index is -4.70. The first-order chi connectivity index (χ1) is 26.1. The van der Waals surface area contributed by atoms with Crippen LogP contribution in [-0.4, -0.2) is 26.0 Å². The maximum absolute atomic E-state index is 13.4. The Balaban J connectivity index is 1.36. The predicted octanol–water partition coefficient (Wildman–Crippen LogP) is 11.7. The minimum absolute atomic E-state index is 0.0133. The molecule has 0 aliphatic heterocycles. The second kappa shape index (κ2) is 14.6. The van der Waals surface area contributed by atoms with Crippen LogP contribution in [0, 0.1) is 0 Å². The zero-order chi connectivity index (χ0) is 40.6. The van der Waals surface area contributed by atoms with E-state index in [1.165, 1.54) is 36.4 Å². The highest BCUT2D eigenvalue weighted by molar-refractivity contribution is 6.01. The molecule has 288 valence electrons. The fraction of sp³-hybridized carbons (Fsp3) is 0.108. The molecule has 4 aromatic heterocycles. The second-order valence-corrected chi connectivity index (χ2v) is 11.9. The largest absolute Gasteiger partial charge is 0.417 e. The first kappa shape index (κ1) is 39.2. The zero-order valence-corrected chi connectivity index (χ0v) is 27.6. The molecule has 0 aliphatic rings. The van der Waals surface area contributed by atoms with Crippen molar-refractivity contribution in [3.63, 3.8) is 0 Å². The number of rotatable bonds is 6. The van der Waals surface area contributed by atoms with E-state index in [9.17, 15) is 57.5 Å². The Morgan fingerprint density at radius 1 is 0.375 bits per heavy atom. The van der Waals surface area contributed by atoms with Crippen molar-refractivity contribution in [1.82, 2.24) is 19.9 Å². The van der Waals surface area contributed by atoms with Crippen molar-refractivity contribution in [2.45, 2.75) is 24.7 Å². The van der Waals surface area contributed by atoms with Gasteiger partial charge in [-0.05, 0) is 84.9 Å². The van der Waals surface area contributed by atoms with Gasteiger partial charge in [-0.25, -0.2) is 4.79 Å². The van der Waals surface area contributed by atoms with Crippen molar-refractivity contribution >= 4 is 17.4 Å². The average Bonchev–Trinajstić information content (AvgIpc) is 3.13. The number of benzene rings is 2. The van der Waals surface area contributed by atoms with Gasteiger partial charge in [0.15, 0.2) is 0 Å². The highest BCUT2D eigenvalue weighted by atomic mass is 19.4. The Bertz CT molecular complexity index is 2040. The van der Waals surface area contributed by atoms with Crippen molar-refractivity contribution in [3.05, 3.63) is 132 Å². The standard InChI is InChI=1S/C37H20F12N6O/c38-34(39,40)23-1-5-29(50-15-23)19-9-20(30-6-2-24(16-51-30)35(41,42)43)12-27(11-19)54-33(56)55-28-13-21(31-7-3-25(17-52-31)36(44,45)46)10-22(14-28)32-8-4-26(18-53-32)37(47,48)49/h1-18H,(H2,54,55,56).